The number of nitrogens with zero attached hydrogens (tertiary/aromatic N) is 7. The van der Waals surface area contributed by atoms with Gasteiger partial charge in [0, 0.05) is 82.3 Å². The summed E-state index contributed by atoms with van der Waals surface area (Å²) in [6, 6.07) is 16.0. The van der Waals surface area contributed by atoms with Crippen LogP contribution in [0.3, 0.4) is 0 Å². The van der Waals surface area contributed by atoms with Crippen LogP contribution < -0.4 is 11.1 Å². The Morgan fingerprint density at radius 2 is 1.80 bits per heavy atom. The zero-order valence-corrected chi connectivity index (χ0v) is 31.6. The second-order valence-corrected chi connectivity index (χ2v) is 13.9. The van der Waals surface area contributed by atoms with Crippen molar-refractivity contribution in [3.05, 3.63) is 113 Å². The summed E-state index contributed by atoms with van der Waals surface area (Å²) < 4.78 is 45.8. The average Bonchev–Trinajstić information content (AvgIpc) is 3.17. The summed E-state index contributed by atoms with van der Waals surface area (Å²) in [7, 11) is 1.73. The van der Waals surface area contributed by atoms with E-state index in [0.29, 0.717) is 41.1 Å². The summed E-state index contributed by atoms with van der Waals surface area (Å²) in [5, 5.41) is 2.62. The van der Waals surface area contributed by atoms with Crippen molar-refractivity contribution in [3.63, 3.8) is 0 Å². The Hall–Kier alpha value is -5.45. The van der Waals surface area contributed by atoms with E-state index in [1.807, 2.05) is 31.2 Å². The maximum Gasteiger partial charge on any atom is 0.433 e. The molecule has 3 fully saturated rings. The fourth-order valence-corrected chi connectivity index (χ4v) is 7.19. The number of amides is 3. The molecule has 2 aromatic carbocycles. The number of nitrogens with two attached hydrogens (primary N) is 1. The monoisotopic (exact) mass is 773 g/mol. The van der Waals surface area contributed by atoms with E-state index in [-0.39, 0.29) is 24.8 Å². The van der Waals surface area contributed by atoms with Gasteiger partial charge in [-0.15, -0.1) is 0 Å². The molecule has 0 aliphatic carbocycles. The molecule has 296 valence electrons. The third kappa shape index (κ3) is 8.98. The van der Waals surface area contributed by atoms with Gasteiger partial charge in [-0.05, 0) is 43.2 Å². The molecule has 6 rings (SSSR count). The van der Waals surface area contributed by atoms with Crippen LogP contribution in [0.1, 0.15) is 47.2 Å². The minimum Gasteiger partial charge on any atom is -0.404 e. The van der Waals surface area contributed by atoms with E-state index in [2.05, 4.69) is 25.1 Å². The van der Waals surface area contributed by atoms with Crippen molar-refractivity contribution in [2.24, 2.45) is 10.7 Å². The van der Waals surface area contributed by atoms with Crippen LogP contribution in [0.4, 0.5) is 18.9 Å². The fourth-order valence-electron chi connectivity index (χ4n) is 7.19. The van der Waals surface area contributed by atoms with Gasteiger partial charge >= 0.3 is 6.18 Å². The number of piperazine rings is 1. The lowest BCUT2D eigenvalue weighted by Gasteiger charge is -2.42. The lowest BCUT2D eigenvalue weighted by Crippen LogP contribution is -2.59. The number of aromatic nitrogens is 2. The molecule has 3 aliphatic rings. The Kier molecular flexibility index (Phi) is 12.6. The highest BCUT2D eigenvalue weighted by molar-refractivity contribution is 6.15. The standard InChI is InChI=1S/C40H46F3N9O4/c1-4-27(23-50-16-18-51(19-17-50)30-24-56-25-30)38(54)49(3)22-26-10-9-11-28(20-26)33-31(21-44)36(46-29-12-7-6-8-13-29)52(5-2)39(55)34(33)48-37(53)35-45-15-14-32(47-35)40(41,42)43/h4,6-15,20-21,30,33-34H,5,16-19,22-25,44H2,1-3H3,(H,48,53)/b27-4+,31-21-,46-36?/t33-,34+/m1/s1. The second-order valence-electron chi connectivity index (χ2n) is 13.9. The molecule has 4 heterocycles. The number of halogens is 3. The van der Waals surface area contributed by atoms with Crippen LogP contribution in [0.15, 0.2) is 95.3 Å². The topological polar surface area (TPSA) is 150 Å². The number of carbonyl (C=O) groups excluding carboxylic acids is 3. The SMILES string of the molecule is C/C=C(\CN1CCN(C2COC2)CC1)C(=O)N(C)Cc1cccc([C@@H]2/C(=C/N)C(=Nc3ccccc3)N(CC)C(=O)[C@H]2NC(=O)c2nccc(C(F)(F)F)n2)c1. The van der Waals surface area contributed by atoms with Crippen molar-refractivity contribution in [2.75, 3.05) is 59.5 Å². The van der Waals surface area contributed by atoms with Gasteiger partial charge in [-0.2, -0.15) is 13.2 Å². The van der Waals surface area contributed by atoms with Crippen molar-refractivity contribution in [3.8, 4) is 0 Å². The number of aliphatic imine (C=N–C) groups is 1. The Labute approximate surface area is 323 Å². The molecule has 13 nitrogen and oxygen atoms in total. The lowest BCUT2D eigenvalue weighted by molar-refractivity contribution is -0.141. The first-order valence-electron chi connectivity index (χ1n) is 18.5. The molecule has 3 saturated heterocycles. The largest absolute Gasteiger partial charge is 0.433 e. The smallest absolute Gasteiger partial charge is 0.404 e. The van der Waals surface area contributed by atoms with E-state index in [1.54, 1.807) is 55.3 Å². The minimum atomic E-state index is -4.82. The number of alkyl halides is 3. The molecule has 3 N–H and O–H groups in total. The molecule has 2 atom stereocenters. The molecular weight excluding hydrogens is 727 g/mol. The van der Waals surface area contributed by atoms with Gasteiger partial charge < -0.3 is 20.7 Å². The zero-order valence-electron chi connectivity index (χ0n) is 31.6. The highest BCUT2D eigenvalue weighted by atomic mass is 19.4. The van der Waals surface area contributed by atoms with Gasteiger partial charge in [-0.3, -0.25) is 29.1 Å². The zero-order chi connectivity index (χ0) is 40.0. The number of hydrogen-bond donors (Lipinski definition) is 2. The molecule has 3 aliphatic heterocycles. The lowest BCUT2D eigenvalue weighted by atomic mass is 9.79. The molecule has 0 spiro atoms. The van der Waals surface area contributed by atoms with Crippen LogP contribution >= 0.6 is 0 Å². The van der Waals surface area contributed by atoms with E-state index in [9.17, 15) is 27.6 Å². The van der Waals surface area contributed by atoms with Gasteiger partial charge in [-0.1, -0.05) is 48.5 Å². The predicted molar refractivity (Wildman–Crippen MR) is 204 cm³/mol. The Morgan fingerprint density at radius 3 is 2.43 bits per heavy atom. The highest BCUT2D eigenvalue weighted by Crippen LogP contribution is 2.37. The maximum atomic E-state index is 14.4. The van der Waals surface area contributed by atoms with E-state index in [4.69, 9.17) is 15.5 Å². The van der Waals surface area contributed by atoms with E-state index < -0.39 is 41.5 Å². The van der Waals surface area contributed by atoms with Crippen molar-refractivity contribution < 1.29 is 32.3 Å². The third-order valence-corrected chi connectivity index (χ3v) is 10.3. The van der Waals surface area contributed by atoms with Crippen LogP contribution in [0, 0.1) is 0 Å². The van der Waals surface area contributed by atoms with Gasteiger partial charge in [0.15, 0.2) is 0 Å². The van der Waals surface area contributed by atoms with Crippen LogP contribution in [0.25, 0.3) is 0 Å². The fraction of sp³-hybridized carbons (Fsp3) is 0.400. The van der Waals surface area contributed by atoms with Crippen LogP contribution in [-0.4, -0.2) is 125 Å². The number of allylic oxidation sites excluding steroid dienone is 1. The van der Waals surface area contributed by atoms with Gasteiger partial charge in [0.1, 0.15) is 17.6 Å². The molecule has 0 unspecified atom stereocenters. The van der Waals surface area contributed by atoms with Crippen molar-refractivity contribution in [2.45, 2.75) is 44.6 Å². The van der Waals surface area contributed by atoms with Gasteiger partial charge in [0.05, 0.1) is 24.9 Å². The summed E-state index contributed by atoms with van der Waals surface area (Å²) in [4.78, 5) is 61.4. The Balaban J connectivity index is 1.27. The van der Waals surface area contributed by atoms with Gasteiger partial charge in [-0.25, -0.2) is 15.0 Å². The summed E-state index contributed by atoms with van der Waals surface area (Å²) in [5.74, 6) is -3.19. The van der Waals surface area contributed by atoms with E-state index in [1.165, 1.54) is 11.1 Å². The van der Waals surface area contributed by atoms with Crippen LogP contribution in [-0.2, 0) is 27.0 Å². The molecule has 0 radical (unpaired) electrons. The normalized spacial score (nSPS) is 21.6. The third-order valence-electron chi connectivity index (χ3n) is 10.3. The van der Waals surface area contributed by atoms with Gasteiger partial charge in [0.25, 0.3) is 17.7 Å². The number of nitrogens with one attached hydrogen (secondary N) is 1. The summed E-state index contributed by atoms with van der Waals surface area (Å²) in [6.45, 7) is 9.59. The number of ether oxygens (including phenoxy) is 1. The highest BCUT2D eigenvalue weighted by Gasteiger charge is 2.45. The number of likely N-dealkylation sites (N-methyl/N-ethyl adjacent to an activating group) is 2. The van der Waals surface area contributed by atoms with Crippen molar-refractivity contribution >= 4 is 29.2 Å². The number of likely N-dealkylation sites (tertiary alicyclic amines) is 1. The quantitative estimate of drug-likeness (QED) is 0.278. The number of benzene rings is 2. The molecule has 1 aromatic heterocycles. The number of rotatable bonds is 11. The first-order valence-corrected chi connectivity index (χ1v) is 18.5. The second kappa shape index (κ2) is 17.6. The summed E-state index contributed by atoms with van der Waals surface area (Å²) in [6.07, 6.45) is -0.808. The average molecular weight is 774 g/mol. The van der Waals surface area contributed by atoms with Crippen molar-refractivity contribution in [1.29, 1.82) is 0 Å². The molecule has 0 bridgehead atoms. The van der Waals surface area contributed by atoms with Gasteiger partial charge in [0.2, 0.25) is 5.82 Å². The maximum absolute atomic E-state index is 14.4. The summed E-state index contributed by atoms with van der Waals surface area (Å²) >= 11 is 0. The Morgan fingerprint density at radius 1 is 1.07 bits per heavy atom. The van der Waals surface area contributed by atoms with Crippen LogP contribution in [0.2, 0.25) is 0 Å². The summed E-state index contributed by atoms with van der Waals surface area (Å²) in [5.41, 5.74) is 7.93. The number of amidine groups is 1. The number of piperidine rings is 1. The predicted octanol–water partition coefficient (Wildman–Crippen LogP) is 3.73. The van der Waals surface area contributed by atoms with E-state index >= 15 is 0 Å². The molecular formula is C40H46F3N9O4. The number of carbonyl (C=O) groups is 3. The molecule has 56 heavy (non-hydrogen) atoms. The first kappa shape index (κ1) is 40.2. The molecule has 0 saturated carbocycles. The van der Waals surface area contributed by atoms with Crippen LogP contribution in [0.5, 0.6) is 0 Å². The molecule has 3 amide bonds. The Bertz CT molecular complexity index is 1990. The molecule has 3 aromatic rings. The molecule has 16 heteroatoms. The minimum absolute atomic E-state index is 0.120. The first-order chi connectivity index (χ1) is 26.9. The number of para-hydroxylation sites is 1. The van der Waals surface area contributed by atoms with Crippen molar-refractivity contribution in [1.82, 2.24) is 34.9 Å². The van der Waals surface area contributed by atoms with E-state index in [0.717, 1.165) is 51.2 Å². The number of hydrogen-bond acceptors (Lipinski definition) is 10.